The molecule has 5 aromatic rings. The second kappa shape index (κ2) is 8.46. The molecule has 5 rings (SSSR count). The number of halogens is 2. The zero-order valence-corrected chi connectivity index (χ0v) is 20.1. The maximum atomic E-state index is 13.1. The van der Waals surface area contributed by atoms with Crippen LogP contribution in [-0.2, 0) is 0 Å². The van der Waals surface area contributed by atoms with Crippen LogP contribution in [0.2, 0.25) is 5.02 Å². The Bertz CT molecular complexity index is 1520. The van der Waals surface area contributed by atoms with Crippen molar-refractivity contribution in [1.82, 2.24) is 24.7 Å². The highest BCUT2D eigenvalue weighted by molar-refractivity contribution is 9.10. The molecule has 0 radical (unpaired) electrons. The van der Waals surface area contributed by atoms with Crippen LogP contribution in [0.3, 0.4) is 0 Å². The minimum Gasteiger partial charge on any atom is -0.337 e. The number of amides is 1. The highest BCUT2D eigenvalue weighted by Crippen LogP contribution is 2.29. The van der Waals surface area contributed by atoms with Gasteiger partial charge in [0.05, 0.1) is 16.1 Å². The van der Waals surface area contributed by atoms with Gasteiger partial charge in [0.2, 0.25) is 0 Å². The third kappa shape index (κ3) is 4.03. The molecule has 2 aromatic carbocycles. The van der Waals surface area contributed by atoms with E-state index in [1.54, 1.807) is 29.1 Å². The van der Waals surface area contributed by atoms with Gasteiger partial charge in [-0.05, 0) is 65.7 Å². The molecule has 2 N–H and O–H groups in total. The number of aromatic nitrogens is 5. The van der Waals surface area contributed by atoms with Crippen molar-refractivity contribution < 1.29 is 4.79 Å². The number of anilines is 1. The van der Waals surface area contributed by atoms with Gasteiger partial charge in [-0.3, -0.25) is 4.79 Å². The lowest BCUT2D eigenvalue weighted by Crippen LogP contribution is -2.13. The Hall–Kier alpha value is -3.49. The molecule has 0 saturated heterocycles. The summed E-state index contributed by atoms with van der Waals surface area (Å²) in [6.45, 7) is 3.99. The fourth-order valence-electron chi connectivity index (χ4n) is 3.70. The van der Waals surface area contributed by atoms with Crippen LogP contribution >= 0.6 is 27.5 Å². The molecule has 0 saturated carbocycles. The van der Waals surface area contributed by atoms with Gasteiger partial charge < -0.3 is 10.3 Å². The molecule has 0 atom stereocenters. The number of carbonyl (C=O) groups excluding carboxylic acids is 1. The molecule has 33 heavy (non-hydrogen) atoms. The van der Waals surface area contributed by atoms with Crippen molar-refractivity contribution in [1.29, 1.82) is 0 Å². The van der Waals surface area contributed by atoms with Crippen molar-refractivity contribution >= 4 is 50.2 Å². The van der Waals surface area contributed by atoms with Gasteiger partial charge in [-0.1, -0.05) is 35.4 Å². The van der Waals surface area contributed by atoms with E-state index in [1.165, 1.54) is 0 Å². The first-order valence-electron chi connectivity index (χ1n) is 10.1. The molecule has 3 heterocycles. The van der Waals surface area contributed by atoms with E-state index >= 15 is 0 Å². The Morgan fingerprint density at radius 1 is 1.12 bits per heavy atom. The zero-order chi connectivity index (χ0) is 23.1. The highest BCUT2D eigenvalue weighted by atomic mass is 79.9. The van der Waals surface area contributed by atoms with Gasteiger partial charge in [-0.25, -0.2) is 14.6 Å². The Labute approximate surface area is 203 Å². The Morgan fingerprint density at radius 2 is 1.97 bits per heavy atom. The molecule has 164 valence electrons. The van der Waals surface area contributed by atoms with E-state index in [4.69, 9.17) is 16.6 Å². The molecule has 3 aromatic heterocycles. The van der Waals surface area contributed by atoms with Crippen LogP contribution < -0.4 is 5.32 Å². The number of para-hydroxylation sites is 1. The summed E-state index contributed by atoms with van der Waals surface area (Å²) in [5, 5.41) is 7.92. The number of H-pyrrole nitrogens is 1. The molecule has 1 amide bonds. The molecular weight excluding hydrogens is 504 g/mol. The van der Waals surface area contributed by atoms with Gasteiger partial charge in [0.25, 0.3) is 5.91 Å². The first kappa shape index (κ1) is 21.4. The highest BCUT2D eigenvalue weighted by Gasteiger charge is 2.20. The summed E-state index contributed by atoms with van der Waals surface area (Å²) in [4.78, 5) is 25.5. The normalized spacial score (nSPS) is 11.2. The van der Waals surface area contributed by atoms with Gasteiger partial charge in [-0.2, -0.15) is 5.10 Å². The Morgan fingerprint density at radius 3 is 2.76 bits per heavy atom. The summed E-state index contributed by atoms with van der Waals surface area (Å²) in [5.41, 5.74) is 5.32. The van der Waals surface area contributed by atoms with Crippen LogP contribution in [0.25, 0.3) is 28.4 Å². The first-order valence-corrected chi connectivity index (χ1v) is 11.3. The van der Waals surface area contributed by atoms with Crippen molar-refractivity contribution in [3.05, 3.63) is 87.1 Å². The number of rotatable bonds is 4. The minimum atomic E-state index is -0.229. The van der Waals surface area contributed by atoms with Crippen molar-refractivity contribution in [3.63, 3.8) is 0 Å². The third-order valence-corrected chi connectivity index (χ3v) is 5.93. The number of carbonyl (C=O) groups is 1. The maximum absolute atomic E-state index is 13.1. The number of benzene rings is 2. The summed E-state index contributed by atoms with van der Waals surface area (Å²) in [7, 11) is 0. The van der Waals surface area contributed by atoms with E-state index < -0.39 is 0 Å². The average molecular weight is 522 g/mol. The summed E-state index contributed by atoms with van der Waals surface area (Å²) in [6, 6.07) is 16.7. The lowest BCUT2D eigenvalue weighted by Gasteiger charge is -2.09. The lowest BCUT2D eigenvalue weighted by atomic mass is 10.1. The number of aromatic amines is 1. The summed E-state index contributed by atoms with van der Waals surface area (Å²) in [5.74, 6) is 0.790. The number of hydrogen-bond donors (Lipinski definition) is 2. The van der Waals surface area contributed by atoms with Crippen LogP contribution in [0.1, 0.15) is 21.5 Å². The summed E-state index contributed by atoms with van der Waals surface area (Å²) in [6.07, 6.45) is 1.65. The van der Waals surface area contributed by atoms with E-state index in [0.717, 1.165) is 22.3 Å². The van der Waals surface area contributed by atoms with Crippen LogP contribution in [0.4, 0.5) is 5.69 Å². The van der Waals surface area contributed by atoms with E-state index in [-0.39, 0.29) is 5.91 Å². The van der Waals surface area contributed by atoms with E-state index in [2.05, 4.69) is 36.3 Å². The topological polar surface area (TPSA) is 88.5 Å². The number of nitrogens with zero attached hydrogens (tertiary/aromatic N) is 4. The fourth-order valence-corrected chi connectivity index (χ4v) is 4.27. The van der Waals surface area contributed by atoms with Gasteiger partial charge in [0.1, 0.15) is 15.8 Å². The average Bonchev–Trinajstić information content (AvgIpc) is 3.39. The number of hydrogen-bond acceptors (Lipinski definition) is 4. The minimum absolute atomic E-state index is 0.229. The molecule has 0 bridgehead atoms. The van der Waals surface area contributed by atoms with Crippen LogP contribution in [0.5, 0.6) is 0 Å². The van der Waals surface area contributed by atoms with Crippen molar-refractivity contribution in [3.8, 4) is 17.3 Å². The van der Waals surface area contributed by atoms with Gasteiger partial charge >= 0.3 is 0 Å². The smallest absolute Gasteiger partial charge is 0.257 e. The van der Waals surface area contributed by atoms with Gasteiger partial charge in [0.15, 0.2) is 11.6 Å². The predicted molar refractivity (Wildman–Crippen MR) is 133 cm³/mol. The molecule has 0 aliphatic carbocycles. The molecule has 0 fully saturated rings. The quantitative estimate of drug-likeness (QED) is 0.299. The SMILES string of the molecule is Cc1ccc(NC(=O)c2cccc3[nH]c(-c4cc(Br)nn4-c4ncccc4Cl)nc23)c(C)c1. The molecule has 0 spiro atoms. The molecule has 7 nitrogen and oxygen atoms in total. The first-order chi connectivity index (χ1) is 15.9. The summed E-state index contributed by atoms with van der Waals surface area (Å²) >= 11 is 9.77. The number of pyridine rings is 1. The van der Waals surface area contributed by atoms with Crippen molar-refractivity contribution in [2.45, 2.75) is 13.8 Å². The second-order valence-corrected chi connectivity index (χ2v) is 8.85. The fraction of sp³-hybridized carbons (Fsp3) is 0.0833. The van der Waals surface area contributed by atoms with Crippen LogP contribution in [0, 0.1) is 13.8 Å². The number of nitrogens with one attached hydrogen (secondary N) is 2. The lowest BCUT2D eigenvalue weighted by molar-refractivity contribution is 0.102. The maximum Gasteiger partial charge on any atom is 0.257 e. The Balaban J connectivity index is 1.57. The largest absolute Gasteiger partial charge is 0.337 e. The second-order valence-electron chi connectivity index (χ2n) is 7.63. The molecule has 0 unspecified atom stereocenters. The molecule has 9 heteroatoms. The van der Waals surface area contributed by atoms with Crippen LogP contribution in [-0.4, -0.2) is 30.6 Å². The van der Waals surface area contributed by atoms with Crippen molar-refractivity contribution in [2.24, 2.45) is 0 Å². The number of aryl methyl sites for hydroxylation is 2. The van der Waals surface area contributed by atoms with E-state index in [1.807, 2.05) is 50.2 Å². The van der Waals surface area contributed by atoms with E-state index in [0.29, 0.717) is 38.0 Å². The Kier molecular flexibility index (Phi) is 5.47. The third-order valence-electron chi connectivity index (χ3n) is 5.25. The standard InChI is InChI=1S/C24H18BrClN6O/c1-13-8-9-17(14(2)11-13)29-24(33)15-5-3-7-18-21(15)30-22(28-18)19-12-20(25)31-32(19)23-16(26)6-4-10-27-23/h3-12H,1-2H3,(H,28,30)(H,29,33). The number of imidazole rings is 1. The predicted octanol–water partition coefficient (Wildman–Crippen LogP) is 6.10. The van der Waals surface area contributed by atoms with E-state index in [9.17, 15) is 4.79 Å². The van der Waals surface area contributed by atoms with Gasteiger partial charge in [0, 0.05) is 18.0 Å². The monoisotopic (exact) mass is 520 g/mol. The molecule has 0 aliphatic rings. The number of fused-ring (bicyclic) bond motifs is 1. The summed E-state index contributed by atoms with van der Waals surface area (Å²) < 4.78 is 2.21. The molecular formula is C24H18BrClN6O. The van der Waals surface area contributed by atoms with Crippen LogP contribution in [0.15, 0.2) is 65.4 Å². The zero-order valence-electron chi connectivity index (χ0n) is 17.7. The van der Waals surface area contributed by atoms with Gasteiger partial charge in [-0.15, -0.1) is 0 Å². The molecule has 0 aliphatic heterocycles. The van der Waals surface area contributed by atoms with Crippen molar-refractivity contribution in [2.75, 3.05) is 5.32 Å².